The minimum atomic E-state index is -4.85. The number of halogens is 3. The Labute approximate surface area is 295 Å². The Kier molecular flexibility index (Phi) is 9.58. The molecule has 7 rings (SSSR count). The smallest absolute Gasteiger partial charge is 0.267 e. The molecule has 15 heteroatoms. The Morgan fingerprint density at radius 3 is 2.35 bits per heavy atom. The molecule has 260 valence electrons. The number of rotatable bonds is 10. The molecule has 0 spiro atoms. The number of hydrogen-bond donors (Lipinski definition) is 2. The van der Waals surface area contributed by atoms with Crippen LogP contribution in [0.5, 0.6) is 5.75 Å². The number of ether oxygens (including phenoxy) is 2. The molecule has 1 aliphatic heterocycles. The lowest BCUT2D eigenvalue weighted by Crippen LogP contribution is -2.36. The molecule has 0 radical (unpaired) electrons. The third-order valence-corrected chi connectivity index (χ3v) is 10.6. The van der Waals surface area contributed by atoms with E-state index in [-0.39, 0.29) is 17.2 Å². The van der Waals surface area contributed by atoms with Crippen molar-refractivity contribution >= 4 is 44.4 Å². The van der Waals surface area contributed by atoms with Gasteiger partial charge in [-0.1, -0.05) is 42.5 Å². The third kappa shape index (κ3) is 7.08. The predicted octanol–water partition coefficient (Wildman–Crippen LogP) is 7.74. The number of benzene rings is 4. The summed E-state index contributed by atoms with van der Waals surface area (Å²) in [6.45, 7) is 2.82. The second-order valence-corrected chi connectivity index (χ2v) is 13.9. The van der Waals surface area contributed by atoms with Gasteiger partial charge in [0.1, 0.15) is 22.4 Å². The van der Waals surface area contributed by atoms with Crippen LogP contribution >= 0.6 is 11.3 Å². The molecule has 51 heavy (non-hydrogen) atoms. The molecule has 0 atom stereocenters. The SMILES string of the molecule is COc1cc(N2CCOCC2)ccc1Nc1nccc(-c2sc(-c3ccccc3)nc2-c2cccc(NS(=O)(=O)c3c(F)cccc3F)c2F)n1. The van der Waals surface area contributed by atoms with Gasteiger partial charge >= 0.3 is 0 Å². The van der Waals surface area contributed by atoms with Crippen LogP contribution in [0.3, 0.4) is 0 Å². The summed E-state index contributed by atoms with van der Waals surface area (Å²) in [7, 11) is -3.28. The number of methoxy groups -OCH3 is 1. The van der Waals surface area contributed by atoms with Gasteiger partial charge < -0.3 is 19.7 Å². The predicted molar refractivity (Wildman–Crippen MR) is 190 cm³/mol. The van der Waals surface area contributed by atoms with Crippen molar-refractivity contribution < 1.29 is 31.1 Å². The second-order valence-electron chi connectivity index (χ2n) is 11.3. The molecule has 0 aliphatic carbocycles. The molecule has 0 bridgehead atoms. The van der Waals surface area contributed by atoms with Gasteiger partial charge in [-0.3, -0.25) is 4.72 Å². The van der Waals surface area contributed by atoms with Crippen LogP contribution in [-0.2, 0) is 14.8 Å². The fraction of sp³-hybridized carbons (Fsp3) is 0.139. The Morgan fingerprint density at radius 2 is 1.61 bits per heavy atom. The van der Waals surface area contributed by atoms with Crippen LogP contribution < -0.4 is 19.7 Å². The van der Waals surface area contributed by atoms with Gasteiger partial charge in [0.25, 0.3) is 10.0 Å². The number of thiazole rings is 1. The van der Waals surface area contributed by atoms with Crippen molar-refractivity contribution in [1.29, 1.82) is 0 Å². The maximum atomic E-state index is 16.3. The fourth-order valence-electron chi connectivity index (χ4n) is 5.58. The molecule has 2 N–H and O–H groups in total. The minimum Gasteiger partial charge on any atom is -0.494 e. The highest BCUT2D eigenvalue weighted by Crippen LogP contribution is 2.42. The van der Waals surface area contributed by atoms with E-state index < -0.39 is 38.1 Å². The molecule has 1 aliphatic rings. The molecule has 10 nitrogen and oxygen atoms in total. The third-order valence-electron chi connectivity index (χ3n) is 8.03. The van der Waals surface area contributed by atoms with Gasteiger partial charge in [-0.2, -0.15) is 0 Å². The van der Waals surface area contributed by atoms with Gasteiger partial charge in [0.05, 0.1) is 48.0 Å². The summed E-state index contributed by atoms with van der Waals surface area (Å²) in [5.41, 5.74) is 2.37. The van der Waals surface area contributed by atoms with Crippen LogP contribution in [0.15, 0.2) is 102 Å². The zero-order valence-electron chi connectivity index (χ0n) is 26.9. The van der Waals surface area contributed by atoms with Gasteiger partial charge in [-0.15, -0.1) is 11.3 Å². The standard InChI is InChI=1S/C36H29F3N6O4S2/c1-48-30-21-23(45-17-19-49-20-18-45)13-14-27(30)41-36-40-16-15-29(42-36)33-32(43-35(50-33)22-7-3-2-4-8-22)24-9-5-12-28(31(24)39)44-51(46,47)34-25(37)10-6-11-26(34)38/h2-16,21,44H,17-20H2,1H3,(H,40,41,42). The number of aromatic nitrogens is 3. The highest BCUT2D eigenvalue weighted by Gasteiger charge is 2.27. The number of hydrogen-bond acceptors (Lipinski definition) is 10. The Hall–Kier alpha value is -5.51. The van der Waals surface area contributed by atoms with E-state index in [0.29, 0.717) is 40.2 Å². The van der Waals surface area contributed by atoms with E-state index in [2.05, 4.69) is 15.2 Å². The molecule has 3 heterocycles. The Morgan fingerprint density at radius 1 is 0.863 bits per heavy atom. The van der Waals surface area contributed by atoms with Gasteiger partial charge in [0.15, 0.2) is 10.7 Å². The Bertz CT molecular complexity index is 2300. The van der Waals surface area contributed by atoms with Crippen molar-refractivity contribution in [2.75, 3.05) is 48.4 Å². The van der Waals surface area contributed by atoms with Crippen LogP contribution in [0.25, 0.3) is 32.4 Å². The molecular weight excluding hydrogens is 702 g/mol. The zero-order chi connectivity index (χ0) is 35.5. The molecular formula is C36H29F3N6O4S2. The van der Waals surface area contributed by atoms with E-state index >= 15 is 4.39 Å². The van der Waals surface area contributed by atoms with Crippen LogP contribution in [0.1, 0.15) is 0 Å². The first-order valence-electron chi connectivity index (χ1n) is 15.6. The largest absolute Gasteiger partial charge is 0.494 e. The molecule has 4 aromatic carbocycles. The lowest BCUT2D eigenvalue weighted by atomic mass is 10.1. The van der Waals surface area contributed by atoms with Gasteiger partial charge in [0, 0.05) is 42.2 Å². The lowest BCUT2D eigenvalue weighted by Gasteiger charge is -2.29. The zero-order valence-corrected chi connectivity index (χ0v) is 28.6. The highest BCUT2D eigenvalue weighted by atomic mass is 32.2. The average molecular weight is 731 g/mol. The van der Waals surface area contributed by atoms with E-state index in [1.54, 1.807) is 19.4 Å². The van der Waals surface area contributed by atoms with Gasteiger partial charge in [0.2, 0.25) is 5.95 Å². The number of morpholine rings is 1. The molecule has 0 saturated carbocycles. The summed E-state index contributed by atoms with van der Waals surface area (Å²) in [6, 6.07) is 23.3. The van der Waals surface area contributed by atoms with E-state index in [0.717, 1.165) is 48.6 Å². The second kappa shape index (κ2) is 14.4. The average Bonchev–Trinajstić information content (AvgIpc) is 3.59. The monoisotopic (exact) mass is 730 g/mol. The summed E-state index contributed by atoms with van der Waals surface area (Å²) in [6.07, 6.45) is 1.55. The number of sulfonamides is 1. The topological polar surface area (TPSA) is 119 Å². The first-order valence-corrected chi connectivity index (χ1v) is 17.9. The molecule has 6 aromatic rings. The van der Waals surface area contributed by atoms with Crippen molar-refractivity contribution in [3.8, 4) is 38.1 Å². The molecule has 0 unspecified atom stereocenters. The number of anilines is 4. The first kappa shape index (κ1) is 34.0. The summed E-state index contributed by atoms with van der Waals surface area (Å²) >= 11 is 1.26. The summed E-state index contributed by atoms with van der Waals surface area (Å²) < 4.78 is 84.4. The maximum Gasteiger partial charge on any atom is 0.267 e. The highest BCUT2D eigenvalue weighted by molar-refractivity contribution is 7.92. The van der Waals surface area contributed by atoms with E-state index in [9.17, 15) is 17.2 Å². The minimum absolute atomic E-state index is 0.0638. The van der Waals surface area contributed by atoms with Crippen LogP contribution in [0, 0.1) is 17.5 Å². The Balaban J connectivity index is 1.26. The van der Waals surface area contributed by atoms with Crippen LogP contribution in [-0.4, -0.2) is 56.8 Å². The van der Waals surface area contributed by atoms with Crippen molar-refractivity contribution in [2.24, 2.45) is 0 Å². The summed E-state index contributed by atoms with van der Waals surface area (Å²) in [4.78, 5) is 15.4. The molecule has 0 amide bonds. The molecule has 1 fully saturated rings. The van der Waals surface area contributed by atoms with Crippen LogP contribution in [0.4, 0.5) is 36.2 Å². The fourth-order valence-corrected chi connectivity index (χ4v) is 7.83. The van der Waals surface area contributed by atoms with Gasteiger partial charge in [-0.25, -0.2) is 36.5 Å². The normalized spacial score (nSPS) is 13.2. The van der Waals surface area contributed by atoms with Crippen molar-refractivity contribution in [3.63, 3.8) is 0 Å². The quantitative estimate of drug-likeness (QED) is 0.146. The number of nitrogens with zero attached hydrogens (tertiary/aromatic N) is 4. The van der Waals surface area contributed by atoms with Crippen molar-refractivity contribution in [1.82, 2.24) is 15.0 Å². The summed E-state index contributed by atoms with van der Waals surface area (Å²) in [5.74, 6) is -2.81. The van der Waals surface area contributed by atoms with Crippen LogP contribution in [0.2, 0.25) is 0 Å². The van der Waals surface area contributed by atoms with Crippen molar-refractivity contribution in [2.45, 2.75) is 4.90 Å². The van der Waals surface area contributed by atoms with E-state index in [4.69, 9.17) is 19.4 Å². The molecule has 2 aromatic heterocycles. The first-order chi connectivity index (χ1) is 24.7. The lowest BCUT2D eigenvalue weighted by molar-refractivity contribution is 0.122. The summed E-state index contributed by atoms with van der Waals surface area (Å²) in [5, 5.41) is 3.76. The van der Waals surface area contributed by atoms with Gasteiger partial charge in [-0.05, 0) is 42.5 Å². The van der Waals surface area contributed by atoms with E-state index in [1.807, 2.05) is 53.3 Å². The van der Waals surface area contributed by atoms with Crippen molar-refractivity contribution in [3.05, 3.63) is 115 Å². The molecule has 1 saturated heterocycles. The number of nitrogens with one attached hydrogen (secondary N) is 2. The van der Waals surface area contributed by atoms with E-state index in [1.165, 1.54) is 23.5 Å². The maximum absolute atomic E-state index is 16.3.